The zero-order valence-electron chi connectivity index (χ0n) is 11.5. The number of nitrogens with zero attached hydrogens (tertiary/aromatic N) is 1. The smallest absolute Gasteiger partial charge is 0.227 e. The van der Waals surface area contributed by atoms with Crippen molar-refractivity contribution >= 4 is 5.91 Å². The maximum atomic E-state index is 12.8. The van der Waals surface area contributed by atoms with Crippen LogP contribution in [0.2, 0.25) is 0 Å². The van der Waals surface area contributed by atoms with Gasteiger partial charge in [0.05, 0.1) is 6.42 Å². The lowest BCUT2D eigenvalue weighted by Gasteiger charge is -2.36. The van der Waals surface area contributed by atoms with Crippen molar-refractivity contribution in [3.05, 3.63) is 35.6 Å². The van der Waals surface area contributed by atoms with Gasteiger partial charge >= 0.3 is 0 Å². The highest BCUT2D eigenvalue weighted by Crippen LogP contribution is 2.17. The van der Waals surface area contributed by atoms with E-state index < -0.39 is 0 Å². The summed E-state index contributed by atoms with van der Waals surface area (Å²) in [6.07, 6.45) is 1.35. The van der Waals surface area contributed by atoms with Gasteiger partial charge in [-0.15, -0.1) is 0 Å². The first kappa shape index (κ1) is 14.0. The van der Waals surface area contributed by atoms with Crippen molar-refractivity contribution in [2.75, 3.05) is 20.1 Å². The lowest BCUT2D eigenvalue weighted by atomic mass is 9.93. The third-order valence-corrected chi connectivity index (χ3v) is 3.90. The van der Waals surface area contributed by atoms with E-state index in [1.807, 2.05) is 11.9 Å². The van der Waals surface area contributed by atoms with E-state index in [1.54, 1.807) is 12.1 Å². The normalized spacial score (nSPS) is 23.4. The average Bonchev–Trinajstić information content (AvgIpc) is 2.41. The predicted octanol–water partition coefficient (Wildman–Crippen LogP) is 1.82. The van der Waals surface area contributed by atoms with Crippen LogP contribution >= 0.6 is 0 Å². The molecule has 0 spiro atoms. The molecule has 0 saturated carbocycles. The molecule has 1 heterocycles. The molecule has 1 fully saturated rings. The van der Waals surface area contributed by atoms with Gasteiger partial charge in [0.2, 0.25) is 5.91 Å². The van der Waals surface area contributed by atoms with Crippen LogP contribution in [0.5, 0.6) is 0 Å². The Kier molecular flexibility index (Phi) is 4.53. The van der Waals surface area contributed by atoms with Crippen molar-refractivity contribution in [2.45, 2.75) is 25.8 Å². The summed E-state index contributed by atoms with van der Waals surface area (Å²) in [7, 11) is 1.97. The molecule has 2 atom stereocenters. The SMILES string of the molecule is CNC1CCN(C(=O)Cc2ccc(F)cc2)CC1C. The lowest BCUT2D eigenvalue weighted by molar-refractivity contribution is -0.132. The topological polar surface area (TPSA) is 32.3 Å². The maximum absolute atomic E-state index is 12.8. The van der Waals surface area contributed by atoms with Crippen LogP contribution in [0.1, 0.15) is 18.9 Å². The molecule has 1 N–H and O–H groups in total. The standard InChI is InChI=1S/C15H21FN2O/c1-11-10-18(8-7-14(11)17-2)15(19)9-12-3-5-13(16)6-4-12/h3-6,11,14,17H,7-10H2,1-2H3. The Bertz CT molecular complexity index is 432. The van der Waals surface area contributed by atoms with Crippen molar-refractivity contribution in [1.82, 2.24) is 10.2 Å². The number of benzene rings is 1. The summed E-state index contributed by atoms with van der Waals surface area (Å²) < 4.78 is 12.8. The molecule has 2 rings (SSSR count). The molecule has 1 amide bonds. The number of hydrogen-bond acceptors (Lipinski definition) is 2. The van der Waals surface area contributed by atoms with Gasteiger partial charge in [0.1, 0.15) is 5.82 Å². The van der Waals surface area contributed by atoms with Gasteiger partial charge in [0, 0.05) is 19.1 Å². The minimum atomic E-state index is -0.264. The van der Waals surface area contributed by atoms with Gasteiger partial charge in [0.15, 0.2) is 0 Å². The Morgan fingerprint density at radius 2 is 2.11 bits per heavy atom. The van der Waals surface area contributed by atoms with E-state index >= 15 is 0 Å². The third-order valence-electron chi connectivity index (χ3n) is 3.90. The fraction of sp³-hybridized carbons (Fsp3) is 0.533. The molecular formula is C15H21FN2O. The molecule has 1 aromatic carbocycles. The van der Waals surface area contributed by atoms with Crippen LogP contribution in [-0.4, -0.2) is 37.0 Å². The van der Waals surface area contributed by atoms with E-state index in [1.165, 1.54) is 12.1 Å². The van der Waals surface area contributed by atoms with Crippen molar-refractivity contribution in [3.63, 3.8) is 0 Å². The van der Waals surface area contributed by atoms with Crippen LogP contribution in [0, 0.1) is 11.7 Å². The summed E-state index contributed by atoms with van der Waals surface area (Å²) in [6, 6.07) is 6.65. The Morgan fingerprint density at radius 3 is 2.68 bits per heavy atom. The number of carbonyl (C=O) groups excluding carboxylic acids is 1. The van der Waals surface area contributed by atoms with Gasteiger partial charge in [-0.3, -0.25) is 4.79 Å². The Labute approximate surface area is 113 Å². The predicted molar refractivity (Wildman–Crippen MR) is 73.3 cm³/mol. The molecule has 0 bridgehead atoms. The molecule has 0 radical (unpaired) electrons. The quantitative estimate of drug-likeness (QED) is 0.903. The highest BCUT2D eigenvalue weighted by atomic mass is 19.1. The summed E-state index contributed by atoms with van der Waals surface area (Å²) in [6.45, 7) is 3.76. The molecule has 0 aliphatic carbocycles. The number of carbonyl (C=O) groups is 1. The second kappa shape index (κ2) is 6.15. The summed E-state index contributed by atoms with van der Waals surface area (Å²) in [5.41, 5.74) is 0.870. The number of rotatable bonds is 3. The molecule has 0 aromatic heterocycles. The Hall–Kier alpha value is -1.42. The number of nitrogens with one attached hydrogen (secondary N) is 1. The average molecular weight is 264 g/mol. The van der Waals surface area contributed by atoms with E-state index in [2.05, 4.69) is 12.2 Å². The van der Waals surface area contributed by atoms with E-state index in [0.717, 1.165) is 25.1 Å². The largest absolute Gasteiger partial charge is 0.342 e. The van der Waals surface area contributed by atoms with Crippen molar-refractivity contribution < 1.29 is 9.18 Å². The van der Waals surface area contributed by atoms with Crippen LogP contribution in [0.15, 0.2) is 24.3 Å². The van der Waals surface area contributed by atoms with Crippen LogP contribution < -0.4 is 5.32 Å². The number of halogens is 1. The summed E-state index contributed by atoms with van der Waals surface area (Å²) in [5, 5.41) is 3.29. The van der Waals surface area contributed by atoms with E-state index in [-0.39, 0.29) is 11.7 Å². The highest BCUT2D eigenvalue weighted by Gasteiger charge is 2.27. The summed E-state index contributed by atoms with van der Waals surface area (Å²) in [4.78, 5) is 14.1. The zero-order valence-corrected chi connectivity index (χ0v) is 11.5. The molecule has 104 valence electrons. The molecule has 2 unspecified atom stereocenters. The monoisotopic (exact) mass is 264 g/mol. The van der Waals surface area contributed by atoms with Crippen molar-refractivity contribution in [1.29, 1.82) is 0 Å². The van der Waals surface area contributed by atoms with Crippen LogP contribution in [0.3, 0.4) is 0 Å². The Balaban J connectivity index is 1.92. The molecule has 19 heavy (non-hydrogen) atoms. The Morgan fingerprint density at radius 1 is 1.42 bits per heavy atom. The number of hydrogen-bond donors (Lipinski definition) is 1. The number of likely N-dealkylation sites (tertiary alicyclic amines) is 1. The van der Waals surface area contributed by atoms with E-state index in [4.69, 9.17) is 0 Å². The fourth-order valence-electron chi connectivity index (χ4n) is 2.69. The molecule has 1 aromatic rings. The summed E-state index contributed by atoms with van der Waals surface area (Å²) >= 11 is 0. The second-order valence-electron chi connectivity index (χ2n) is 5.30. The number of piperidine rings is 1. The maximum Gasteiger partial charge on any atom is 0.227 e. The van der Waals surface area contributed by atoms with Crippen LogP contribution in [0.25, 0.3) is 0 Å². The van der Waals surface area contributed by atoms with Gasteiger partial charge in [0.25, 0.3) is 0 Å². The van der Waals surface area contributed by atoms with Crippen LogP contribution in [-0.2, 0) is 11.2 Å². The lowest BCUT2D eigenvalue weighted by Crippen LogP contribution is -2.49. The molecule has 1 aliphatic rings. The molecule has 1 saturated heterocycles. The second-order valence-corrected chi connectivity index (χ2v) is 5.30. The van der Waals surface area contributed by atoms with Crippen LogP contribution in [0.4, 0.5) is 4.39 Å². The van der Waals surface area contributed by atoms with Crippen molar-refractivity contribution in [3.8, 4) is 0 Å². The third kappa shape index (κ3) is 3.53. The molecule has 1 aliphatic heterocycles. The fourth-order valence-corrected chi connectivity index (χ4v) is 2.69. The minimum Gasteiger partial charge on any atom is -0.342 e. The van der Waals surface area contributed by atoms with Gasteiger partial charge in [-0.1, -0.05) is 19.1 Å². The minimum absolute atomic E-state index is 0.132. The first-order valence-corrected chi connectivity index (χ1v) is 6.79. The number of amides is 1. The van der Waals surface area contributed by atoms with E-state index in [9.17, 15) is 9.18 Å². The molecule has 4 heteroatoms. The van der Waals surface area contributed by atoms with E-state index in [0.29, 0.717) is 18.4 Å². The first-order chi connectivity index (χ1) is 9.10. The van der Waals surface area contributed by atoms with Gasteiger partial charge < -0.3 is 10.2 Å². The zero-order chi connectivity index (χ0) is 13.8. The first-order valence-electron chi connectivity index (χ1n) is 6.79. The van der Waals surface area contributed by atoms with Gasteiger partial charge in [-0.25, -0.2) is 4.39 Å². The highest BCUT2D eigenvalue weighted by molar-refractivity contribution is 5.78. The molecule has 3 nitrogen and oxygen atoms in total. The van der Waals surface area contributed by atoms with Gasteiger partial charge in [-0.05, 0) is 37.1 Å². The van der Waals surface area contributed by atoms with Crippen molar-refractivity contribution in [2.24, 2.45) is 5.92 Å². The molecular weight excluding hydrogens is 243 g/mol. The summed E-state index contributed by atoms with van der Waals surface area (Å²) in [5.74, 6) is 0.337. The van der Waals surface area contributed by atoms with Gasteiger partial charge in [-0.2, -0.15) is 0 Å².